The largest absolute Gasteiger partial charge is 0.419 e. The van der Waals surface area contributed by atoms with Gasteiger partial charge in [0.2, 0.25) is 0 Å². The Balaban J connectivity index is 3.55. The summed E-state index contributed by atoms with van der Waals surface area (Å²) in [7, 11) is 0. The fraction of sp³-hybridized carbons (Fsp3) is 0.300. The number of hydrogen-bond donors (Lipinski definition) is 1. The van der Waals surface area contributed by atoms with Gasteiger partial charge in [-0.3, -0.25) is 4.79 Å². The van der Waals surface area contributed by atoms with Gasteiger partial charge in [-0.15, -0.1) is 0 Å². The van der Waals surface area contributed by atoms with E-state index in [-0.39, 0.29) is 5.56 Å². The zero-order valence-corrected chi connectivity index (χ0v) is 8.27. The Morgan fingerprint density at radius 1 is 1.33 bits per heavy atom. The van der Waals surface area contributed by atoms with Crippen molar-refractivity contribution in [1.29, 1.82) is 0 Å². The molecule has 15 heavy (non-hydrogen) atoms. The van der Waals surface area contributed by atoms with E-state index in [1.807, 2.05) is 0 Å². The number of halogens is 3. The van der Waals surface area contributed by atoms with Gasteiger partial charge in [-0.1, -0.05) is 0 Å². The van der Waals surface area contributed by atoms with Gasteiger partial charge in [-0.25, -0.2) is 0 Å². The lowest BCUT2D eigenvalue weighted by molar-refractivity contribution is -0.137. The van der Waals surface area contributed by atoms with Crippen molar-refractivity contribution < 1.29 is 18.0 Å². The molecule has 0 amide bonds. The van der Waals surface area contributed by atoms with Gasteiger partial charge in [-0.05, 0) is 31.5 Å². The molecule has 0 bridgehead atoms. The van der Waals surface area contributed by atoms with Gasteiger partial charge in [0, 0.05) is 11.3 Å². The van der Waals surface area contributed by atoms with E-state index in [1.54, 1.807) is 6.92 Å². The summed E-state index contributed by atoms with van der Waals surface area (Å²) in [4.78, 5) is 11.1. The molecule has 0 aliphatic carbocycles. The molecule has 1 aromatic carbocycles. The van der Waals surface area contributed by atoms with Crippen LogP contribution in [0.5, 0.6) is 0 Å². The molecule has 82 valence electrons. The summed E-state index contributed by atoms with van der Waals surface area (Å²) in [5, 5.41) is 0. The summed E-state index contributed by atoms with van der Waals surface area (Å²) in [6.45, 7) is 2.67. The monoisotopic (exact) mass is 217 g/mol. The van der Waals surface area contributed by atoms with Crippen molar-refractivity contribution in [2.24, 2.45) is 0 Å². The number of aryl methyl sites for hydroxylation is 1. The molecular formula is C10H10F3NO. The number of carbonyl (C=O) groups excluding carboxylic acids is 1. The number of hydrogen-bond acceptors (Lipinski definition) is 2. The quantitative estimate of drug-likeness (QED) is 0.580. The normalized spacial score (nSPS) is 11.5. The number of Topliss-reactive ketones (excluding diaryl/α,β-unsaturated/α-hetero) is 1. The molecule has 0 aliphatic rings. The third-order valence-electron chi connectivity index (χ3n) is 1.98. The van der Waals surface area contributed by atoms with Gasteiger partial charge < -0.3 is 5.73 Å². The molecular weight excluding hydrogens is 207 g/mol. The van der Waals surface area contributed by atoms with Crippen LogP contribution >= 0.6 is 0 Å². The Morgan fingerprint density at radius 3 is 2.27 bits per heavy atom. The van der Waals surface area contributed by atoms with Crippen molar-refractivity contribution >= 4 is 11.5 Å². The summed E-state index contributed by atoms with van der Waals surface area (Å²) in [5.74, 6) is -0.641. The molecule has 1 rings (SSSR count). The highest BCUT2D eigenvalue weighted by Gasteiger charge is 2.36. The van der Waals surface area contributed by atoms with E-state index in [9.17, 15) is 18.0 Å². The Bertz CT molecular complexity index is 410. The minimum Gasteiger partial charge on any atom is -0.398 e. The van der Waals surface area contributed by atoms with E-state index in [1.165, 1.54) is 12.1 Å². The molecule has 1 aromatic rings. The van der Waals surface area contributed by atoms with E-state index in [0.29, 0.717) is 5.56 Å². The van der Waals surface area contributed by atoms with Gasteiger partial charge in [0.1, 0.15) is 0 Å². The SMILES string of the molecule is CC(=O)c1cc(C)cc(N)c1C(F)(F)F. The van der Waals surface area contributed by atoms with Crippen LogP contribution in [0, 0.1) is 6.92 Å². The number of ketones is 1. The van der Waals surface area contributed by atoms with Crippen LogP contribution in [0.15, 0.2) is 12.1 Å². The number of alkyl halides is 3. The molecule has 0 heterocycles. The number of benzene rings is 1. The van der Waals surface area contributed by atoms with Crippen LogP contribution in [0.3, 0.4) is 0 Å². The lowest BCUT2D eigenvalue weighted by Crippen LogP contribution is -2.15. The smallest absolute Gasteiger partial charge is 0.398 e. The van der Waals surface area contributed by atoms with Gasteiger partial charge in [0.25, 0.3) is 0 Å². The number of nitrogen functional groups attached to an aromatic ring is 1. The van der Waals surface area contributed by atoms with Crippen LogP contribution in [0.25, 0.3) is 0 Å². The number of carbonyl (C=O) groups is 1. The Kier molecular flexibility index (Phi) is 2.75. The maximum absolute atomic E-state index is 12.6. The molecule has 0 saturated heterocycles. The minimum absolute atomic E-state index is 0.375. The maximum Gasteiger partial charge on any atom is 0.419 e. The predicted octanol–water partition coefficient (Wildman–Crippen LogP) is 2.80. The molecule has 2 N–H and O–H groups in total. The molecule has 0 saturated carbocycles. The third kappa shape index (κ3) is 2.29. The van der Waals surface area contributed by atoms with Gasteiger partial charge in [-0.2, -0.15) is 13.2 Å². The first-order valence-electron chi connectivity index (χ1n) is 4.21. The topological polar surface area (TPSA) is 43.1 Å². The molecule has 0 aliphatic heterocycles. The van der Waals surface area contributed by atoms with E-state index in [2.05, 4.69) is 0 Å². The molecule has 0 atom stereocenters. The highest BCUT2D eigenvalue weighted by Crippen LogP contribution is 2.37. The average Bonchev–Trinajstić information content (AvgIpc) is 1.99. The second-order valence-electron chi connectivity index (χ2n) is 3.33. The third-order valence-corrected chi connectivity index (χ3v) is 1.98. The first-order valence-corrected chi connectivity index (χ1v) is 4.21. The lowest BCUT2D eigenvalue weighted by atomic mass is 9.99. The fourth-order valence-corrected chi connectivity index (χ4v) is 1.41. The van der Waals surface area contributed by atoms with E-state index in [4.69, 9.17) is 5.73 Å². The Morgan fingerprint density at radius 2 is 1.87 bits per heavy atom. The van der Waals surface area contributed by atoms with E-state index in [0.717, 1.165) is 6.92 Å². The highest BCUT2D eigenvalue weighted by molar-refractivity contribution is 5.97. The Hall–Kier alpha value is -1.52. The van der Waals surface area contributed by atoms with Crippen LogP contribution in [0.2, 0.25) is 0 Å². The lowest BCUT2D eigenvalue weighted by Gasteiger charge is -2.14. The average molecular weight is 217 g/mol. The summed E-state index contributed by atoms with van der Waals surface area (Å²) >= 11 is 0. The second-order valence-corrected chi connectivity index (χ2v) is 3.33. The highest BCUT2D eigenvalue weighted by atomic mass is 19.4. The van der Waals surface area contributed by atoms with Gasteiger partial charge in [0.05, 0.1) is 5.56 Å². The van der Waals surface area contributed by atoms with Crippen LogP contribution in [0.4, 0.5) is 18.9 Å². The van der Waals surface area contributed by atoms with Crippen molar-refractivity contribution in [2.45, 2.75) is 20.0 Å². The first kappa shape index (κ1) is 11.6. The number of rotatable bonds is 1. The molecule has 0 fully saturated rings. The zero-order chi connectivity index (χ0) is 11.8. The fourth-order valence-electron chi connectivity index (χ4n) is 1.41. The van der Waals surface area contributed by atoms with Crippen LogP contribution < -0.4 is 5.73 Å². The molecule has 5 heteroatoms. The summed E-state index contributed by atoms with van der Waals surface area (Å²) < 4.78 is 37.7. The molecule has 0 spiro atoms. The molecule has 0 aromatic heterocycles. The molecule has 0 radical (unpaired) electrons. The van der Waals surface area contributed by atoms with Crippen LogP contribution in [-0.4, -0.2) is 5.78 Å². The number of nitrogens with two attached hydrogens (primary N) is 1. The minimum atomic E-state index is -4.60. The van der Waals surface area contributed by atoms with Crippen LogP contribution in [0.1, 0.15) is 28.4 Å². The molecule has 2 nitrogen and oxygen atoms in total. The van der Waals surface area contributed by atoms with Crippen molar-refractivity contribution in [3.05, 3.63) is 28.8 Å². The predicted molar refractivity (Wildman–Crippen MR) is 50.6 cm³/mol. The van der Waals surface area contributed by atoms with Gasteiger partial charge in [0.15, 0.2) is 5.78 Å². The van der Waals surface area contributed by atoms with E-state index < -0.39 is 23.2 Å². The van der Waals surface area contributed by atoms with Crippen molar-refractivity contribution in [1.82, 2.24) is 0 Å². The summed E-state index contributed by atoms with van der Waals surface area (Å²) in [6, 6.07) is 2.40. The second kappa shape index (κ2) is 3.56. The van der Waals surface area contributed by atoms with Crippen molar-refractivity contribution in [3.8, 4) is 0 Å². The van der Waals surface area contributed by atoms with Gasteiger partial charge >= 0.3 is 6.18 Å². The van der Waals surface area contributed by atoms with Crippen molar-refractivity contribution in [2.75, 3.05) is 5.73 Å². The number of anilines is 1. The Labute approximate surface area is 84.9 Å². The summed E-state index contributed by atoms with van der Waals surface area (Å²) in [5.41, 5.74) is 3.98. The first-order chi connectivity index (χ1) is 6.73. The van der Waals surface area contributed by atoms with E-state index >= 15 is 0 Å². The zero-order valence-electron chi connectivity index (χ0n) is 8.27. The molecule has 0 unspecified atom stereocenters. The summed E-state index contributed by atoms with van der Waals surface area (Å²) in [6.07, 6.45) is -4.60. The van der Waals surface area contributed by atoms with Crippen molar-refractivity contribution in [3.63, 3.8) is 0 Å². The van der Waals surface area contributed by atoms with Crippen LogP contribution in [-0.2, 0) is 6.18 Å². The standard InChI is InChI=1S/C10H10F3NO/c1-5-3-7(6(2)15)9(8(14)4-5)10(11,12)13/h3-4H,14H2,1-2H3. The maximum atomic E-state index is 12.6.